The van der Waals surface area contributed by atoms with Gasteiger partial charge >= 0.3 is 5.97 Å². The number of nitrogens with one attached hydrogen (secondary N) is 1. The van der Waals surface area contributed by atoms with Gasteiger partial charge in [-0.15, -0.1) is 0 Å². The van der Waals surface area contributed by atoms with E-state index in [2.05, 4.69) is 10.1 Å². The molecule has 1 amide bonds. The number of carbonyl (C=O) groups excluding carboxylic acids is 2. The molecule has 1 aromatic rings. The predicted molar refractivity (Wildman–Crippen MR) is 80.5 cm³/mol. The van der Waals surface area contributed by atoms with Crippen molar-refractivity contribution in [2.75, 3.05) is 19.0 Å². The number of hydrogen-bond donors (Lipinski definition) is 2. The fourth-order valence-electron chi connectivity index (χ4n) is 1.57. The van der Waals surface area contributed by atoms with E-state index in [1.165, 1.54) is 13.2 Å². The Morgan fingerprint density at radius 1 is 1.43 bits per heavy atom. The first kappa shape index (κ1) is 17.3. The van der Waals surface area contributed by atoms with Crippen molar-refractivity contribution in [2.24, 2.45) is 5.73 Å². The molecule has 0 aliphatic carbocycles. The van der Waals surface area contributed by atoms with Crippen molar-refractivity contribution in [3.63, 3.8) is 0 Å². The summed E-state index contributed by atoms with van der Waals surface area (Å²) in [5.41, 5.74) is 6.23. The van der Waals surface area contributed by atoms with Gasteiger partial charge in [-0.25, -0.2) is 4.79 Å². The third kappa shape index (κ3) is 5.61. The number of ether oxygens (including phenoxy) is 2. The molecular weight excluding hydrogens is 296 g/mol. The Balaban J connectivity index is 2.65. The summed E-state index contributed by atoms with van der Waals surface area (Å²) in [5, 5.41) is 2.95. The number of halogens is 1. The Kier molecular flexibility index (Phi) is 6.98. The highest BCUT2D eigenvalue weighted by Gasteiger charge is 2.13. The van der Waals surface area contributed by atoms with E-state index in [9.17, 15) is 9.59 Å². The van der Waals surface area contributed by atoms with Gasteiger partial charge in [-0.1, -0.05) is 24.9 Å². The minimum Gasteiger partial charge on any atom is -0.480 e. The second-order valence-corrected chi connectivity index (χ2v) is 4.80. The standard InChI is InChI=1S/C14H19ClN2O4/c1-3-4-11(16)14(19)17-9-5-6-12(10(15)7-9)21-8-13(18)20-2/h5-7,11H,3-4,8,16H2,1-2H3,(H,17,19). The van der Waals surface area contributed by atoms with Crippen LogP contribution in [0.5, 0.6) is 5.75 Å². The molecular formula is C14H19ClN2O4. The van der Waals surface area contributed by atoms with E-state index in [-0.39, 0.29) is 17.5 Å². The Bertz CT molecular complexity index is 508. The maximum Gasteiger partial charge on any atom is 0.343 e. The molecule has 1 unspecified atom stereocenters. The molecule has 0 spiro atoms. The van der Waals surface area contributed by atoms with Crippen molar-refractivity contribution in [3.05, 3.63) is 23.2 Å². The predicted octanol–water partition coefficient (Wildman–Crippen LogP) is 1.96. The lowest BCUT2D eigenvalue weighted by molar-refractivity contribution is -0.142. The monoisotopic (exact) mass is 314 g/mol. The number of methoxy groups -OCH3 is 1. The summed E-state index contributed by atoms with van der Waals surface area (Å²) in [6.07, 6.45) is 1.44. The van der Waals surface area contributed by atoms with Gasteiger partial charge in [-0.2, -0.15) is 0 Å². The van der Waals surface area contributed by atoms with Gasteiger partial charge in [-0.05, 0) is 24.6 Å². The van der Waals surface area contributed by atoms with Gasteiger partial charge in [-0.3, -0.25) is 4.79 Å². The molecule has 0 fully saturated rings. The fourth-order valence-corrected chi connectivity index (χ4v) is 1.80. The van der Waals surface area contributed by atoms with Gasteiger partial charge in [0.05, 0.1) is 18.2 Å². The number of esters is 1. The summed E-state index contributed by atoms with van der Waals surface area (Å²) in [5.74, 6) is -0.442. The van der Waals surface area contributed by atoms with E-state index in [4.69, 9.17) is 22.1 Å². The first-order chi connectivity index (χ1) is 9.97. The van der Waals surface area contributed by atoms with Gasteiger partial charge in [0.25, 0.3) is 0 Å². The van der Waals surface area contributed by atoms with Crippen LogP contribution in [0, 0.1) is 0 Å². The lowest BCUT2D eigenvalue weighted by atomic mass is 10.1. The Hall–Kier alpha value is -1.79. The van der Waals surface area contributed by atoms with Crippen LogP contribution in [0.4, 0.5) is 5.69 Å². The van der Waals surface area contributed by atoms with Crippen molar-refractivity contribution >= 4 is 29.2 Å². The number of nitrogens with two attached hydrogens (primary N) is 1. The first-order valence-electron chi connectivity index (χ1n) is 6.53. The molecule has 0 aliphatic heterocycles. The van der Waals surface area contributed by atoms with Crippen LogP contribution >= 0.6 is 11.6 Å². The van der Waals surface area contributed by atoms with Crippen LogP contribution in [-0.2, 0) is 14.3 Å². The van der Waals surface area contributed by atoms with E-state index in [0.29, 0.717) is 17.9 Å². The molecule has 21 heavy (non-hydrogen) atoms. The minimum absolute atomic E-state index is 0.233. The van der Waals surface area contributed by atoms with Crippen molar-refractivity contribution in [1.29, 1.82) is 0 Å². The van der Waals surface area contributed by atoms with Crippen LogP contribution < -0.4 is 15.8 Å². The number of rotatable bonds is 7. The zero-order valence-corrected chi connectivity index (χ0v) is 12.8. The van der Waals surface area contributed by atoms with E-state index in [0.717, 1.165) is 6.42 Å². The molecule has 0 saturated heterocycles. The lowest BCUT2D eigenvalue weighted by Crippen LogP contribution is -2.35. The smallest absolute Gasteiger partial charge is 0.343 e. The fraction of sp³-hybridized carbons (Fsp3) is 0.429. The van der Waals surface area contributed by atoms with Crippen LogP contribution in [0.25, 0.3) is 0 Å². The molecule has 0 saturated carbocycles. The highest BCUT2D eigenvalue weighted by molar-refractivity contribution is 6.32. The second-order valence-electron chi connectivity index (χ2n) is 4.39. The molecule has 1 atom stereocenters. The maximum atomic E-state index is 11.8. The van der Waals surface area contributed by atoms with Crippen LogP contribution in [0.15, 0.2) is 18.2 Å². The molecule has 0 bridgehead atoms. The normalized spacial score (nSPS) is 11.6. The average molecular weight is 315 g/mol. The summed E-state index contributed by atoms with van der Waals surface area (Å²) in [7, 11) is 1.27. The van der Waals surface area contributed by atoms with Crippen molar-refractivity contribution < 1.29 is 19.1 Å². The summed E-state index contributed by atoms with van der Waals surface area (Å²) in [4.78, 5) is 22.8. The molecule has 116 valence electrons. The second kappa shape index (κ2) is 8.49. The average Bonchev–Trinajstić information content (AvgIpc) is 2.46. The minimum atomic E-state index is -0.552. The molecule has 3 N–H and O–H groups in total. The van der Waals surface area contributed by atoms with Crippen molar-refractivity contribution in [1.82, 2.24) is 0 Å². The molecule has 7 heteroatoms. The zero-order chi connectivity index (χ0) is 15.8. The number of carbonyl (C=O) groups is 2. The van der Waals surface area contributed by atoms with E-state index in [1.807, 2.05) is 6.92 Å². The first-order valence-corrected chi connectivity index (χ1v) is 6.91. The van der Waals surface area contributed by atoms with Crippen molar-refractivity contribution in [2.45, 2.75) is 25.8 Å². The van der Waals surface area contributed by atoms with E-state index < -0.39 is 12.0 Å². The van der Waals surface area contributed by atoms with Crippen LogP contribution in [0.2, 0.25) is 5.02 Å². The number of anilines is 1. The Morgan fingerprint density at radius 2 is 2.14 bits per heavy atom. The maximum absolute atomic E-state index is 11.8. The molecule has 0 aliphatic rings. The number of hydrogen-bond acceptors (Lipinski definition) is 5. The van der Waals surface area contributed by atoms with Crippen LogP contribution in [-0.4, -0.2) is 31.6 Å². The number of amides is 1. The Labute approximate surface area is 128 Å². The van der Waals surface area contributed by atoms with E-state index >= 15 is 0 Å². The van der Waals surface area contributed by atoms with Gasteiger partial charge in [0.15, 0.2) is 6.61 Å². The third-order valence-electron chi connectivity index (χ3n) is 2.71. The lowest BCUT2D eigenvalue weighted by Gasteiger charge is -2.12. The van der Waals surface area contributed by atoms with Crippen molar-refractivity contribution in [3.8, 4) is 5.75 Å². The molecule has 0 radical (unpaired) electrons. The van der Waals surface area contributed by atoms with Gasteiger partial charge in [0.1, 0.15) is 5.75 Å². The largest absolute Gasteiger partial charge is 0.480 e. The number of benzene rings is 1. The summed E-state index contributed by atoms with van der Waals surface area (Å²) >= 11 is 6.02. The van der Waals surface area contributed by atoms with E-state index in [1.54, 1.807) is 12.1 Å². The van der Waals surface area contributed by atoms with Crippen LogP contribution in [0.3, 0.4) is 0 Å². The molecule has 0 heterocycles. The summed E-state index contributed by atoms with van der Waals surface area (Å²) in [6.45, 7) is 1.72. The molecule has 0 aromatic heterocycles. The molecule has 1 rings (SSSR count). The highest BCUT2D eigenvalue weighted by Crippen LogP contribution is 2.27. The van der Waals surface area contributed by atoms with Gasteiger partial charge in [0.2, 0.25) is 5.91 Å². The summed E-state index contributed by atoms with van der Waals surface area (Å²) < 4.78 is 9.65. The van der Waals surface area contributed by atoms with Gasteiger partial charge in [0, 0.05) is 5.69 Å². The van der Waals surface area contributed by atoms with Gasteiger partial charge < -0.3 is 20.5 Å². The summed E-state index contributed by atoms with van der Waals surface area (Å²) in [6, 6.07) is 4.16. The molecule has 1 aromatic carbocycles. The SMILES string of the molecule is CCCC(N)C(=O)Nc1ccc(OCC(=O)OC)c(Cl)c1. The Morgan fingerprint density at radius 3 is 2.71 bits per heavy atom. The quantitative estimate of drug-likeness (QED) is 0.751. The third-order valence-corrected chi connectivity index (χ3v) is 3.00. The molecule has 6 nitrogen and oxygen atoms in total. The highest BCUT2D eigenvalue weighted by atomic mass is 35.5. The topological polar surface area (TPSA) is 90.7 Å². The van der Waals surface area contributed by atoms with Crippen LogP contribution in [0.1, 0.15) is 19.8 Å². The zero-order valence-electron chi connectivity index (χ0n) is 12.0.